The van der Waals surface area contributed by atoms with Crippen LogP contribution < -0.4 is 0 Å². The monoisotopic (exact) mass is 805 g/mol. The molecule has 0 heterocycles. The summed E-state index contributed by atoms with van der Waals surface area (Å²) < 4.78 is 16.7. The highest BCUT2D eigenvalue weighted by atomic mass is 16.6. The highest BCUT2D eigenvalue weighted by Crippen LogP contribution is 2.16. The molecule has 0 rings (SSSR count). The van der Waals surface area contributed by atoms with Gasteiger partial charge in [-0.1, -0.05) is 226 Å². The molecule has 0 bridgehead atoms. The van der Waals surface area contributed by atoms with E-state index in [0.717, 1.165) is 64.2 Å². The number of carbonyl (C=O) groups is 3. The minimum atomic E-state index is -0.766. The van der Waals surface area contributed by atoms with Crippen LogP contribution in [0.15, 0.2) is 12.2 Å². The Morgan fingerprint density at radius 3 is 0.895 bits per heavy atom. The zero-order valence-corrected chi connectivity index (χ0v) is 38.4. The van der Waals surface area contributed by atoms with E-state index in [-0.39, 0.29) is 31.1 Å². The summed E-state index contributed by atoms with van der Waals surface area (Å²) >= 11 is 0. The van der Waals surface area contributed by atoms with E-state index in [1.807, 2.05) is 0 Å². The van der Waals surface area contributed by atoms with Crippen LogP contribution in [0.4, 0.5) is 0 Å². The van der Waals surface area contributed by atoms with Gasteiger partial charge in [0.15, 0.2) is 6.10 Å². The molecule has 0 aliphatic heterocycles. The van der Waals surface area contributed by atoms with Crippen molar-refractivity contribution in [3.8, 4) is 0 Å². The lowest BCUT2D eigenvalue weighted by atomic mass is 10.0. The van der Waals surface area contributed by atoms with Crippen LogP contribution in [0.5, 0.6) is 0 Å². The Morgan fingerprint density at radius 1 is 0.333 bits per heavy atom. The van der Waals surface area contributed by atoms with Crippen LogP contribution in [0.2, 0.25) is 0 Å². The molecule has 0 N–H and O–H groups in total. The van der Waals surface area contributed by atoms with Crippen molar-refractivity contribution in [2.75, 3.05) is 13.2 Å². The van der Waals surface area contributed by atoms with E-state index in [4.69, 9.17) is 14.2 Å². The molecule has 336 valence electrons. The third-order valence-electron chi connectivity index (χ3n) is 11.3. The average Bonchev–Trinajstić information content (AvgIpc) is 3.21. The van der Waals surface area contributed by atoms with E-state index in [1.54, 1.807) is 0 Å². The first-order valence-electron chi connectivity index (χ1n) is 25.2. The lowest BCUT2D eigenvalue weighted by Crippen LogP contribution is -2.30. The van der Waals surface area contributed by atoms with Crippen LogP contribution in [0.1, 0.15) is 278 Å². The molecule has 6 nitrogen and oxygen atoms in total. The average molecular weight is 805 g/mol. The Labute approximate surface area is 354 Å². The summed E-state index contributed by atoms with van der Waals surface area (Å²) in [4.78, 5) is 37.8. The molecule has 0 aromatic heterocycles. The Balaban J connectivity index is 4.27. The second-order valence-electron chi connectivity index (χ2n) is 17.1. The fraction of sp³-hybridized carbons (Fsp3) is 0.902. The van der Waals surface area contributed by atoms with Gasteiger partial charge in [0.2, 0.25) is 0 Å². The van der Waals surface area contributed by atoms with E-state index in [2.05, 4.69) is 32.9 Å². The number of ether oxygens (including phenoxy) is 3. The van der Waals surface area contributed by atoms with Crippen LogP contribution >= 0.6 is 0 Å². The van der Waals surface area contributed by atoms with E-state index >= 15 is 0 Å². The topological polar surface area (TPSA) is 78.9 Å². The van der Waals surface area contributed by atoms with Gasteiger partial charge < -0.3 is 14.2 Å². The van der Waals surface area contributed by atoms with E-state index < -0.39 is 6.10 Å². The van der Waals surface area contributed by atoms with Gasteiger partial charge in [-0.05, 0) is 44.9 Å². The molecule has 0 aliphatic rings. The molecule has 0 amide bonds. The molecule has 1 atom stereocenters. The Kier molecular flexibility index (Phi) is 45.3. The molecule has 0 aromatic rings. The number of hydrogen-bond acceptors (Lipinski definition) is 6. The first-order valence-corrected chi connectivity index (χ1v) is 25.2. The molecule has 0 fully saturated rings. The molecule has 6 heteroatoms. The van der Waals surface area contributed by atoms with Gasteiger partial charge in [0, 0.05) is 19.3 Å². The Morgan fingerprint density at radius 2 is 0.579 bits per heavy atom. The second-order valence-corrected chi connectivity index (χ2v) is 17.1. The standard InChI is InChI=1S/C51H96O6/c1-4-7-10-13-16-19-21-23-24-25-26-28-29-32-35-38-41-44-50(53)56-47-48(46-55-49(52)43-40-37-34-31-18-15-12-9-6-3)57-51(54)45-42-39-36-33-30-27-22-20-17-14-11-8-5-2/h20,22,48H,4-19,21,23-47H2,1-3H3/b22-20-/t48-/m1/s1. The van der Waals surface area contributed by atoms with Gasteiger partial charge in [0.25, 0.3) is 0 Å². The second kappa shape index (κ2) is 46.8. The summed E-state index contributed by atoms with van der Waals surface area (Å²) in [5.74, 6) is -0.866. The molecule has 0 saturated heterocycles. The van der Waals surface area contributed by atoms with E-state index in [9.17, 15) is 14.4 Å². The van der Waals surface area contributed by atoms with Crippen LogP contribution in [-0.2, 0) is 28.6 Å². The van der Waals surface area contributed by atoms with Gasteiger partial charge in [-0.2, -0.15) is 0 Å². The third-order valence-corrected chi connectivity index (χ3v) is 11.3. The Bertz CT molecular complexity index is 885. The summed E-state index contributed by atoms with van der Waals surface area (Å²) in [5, 5.41) is 0. The zero-order valence-electron chi connectivity index (χ0n) is 38.4. The molecule has 0 aliphatic carbocycles. The zero-order chi connectivity index (χ0) is 41.5. The molecular weight excluding hydrogens is 709 g/mol. The molecule has 57 heavy (non-hydrogen) atoms. The van der Waals surface area contributed by atoms with Crippen molar-refractivity contribution in [3.05, 3.63) is 12.2 Å². The highest BCUT2D eigenvalue weighted by Gasteiger charge is 2.19. The number of allylic oxidation sites excluding steroid dienone is 2. The van der Waals surface area contributed by atoms with Crippen LogP contribution in [0, 0.1) is 0 Å². The SMILES string of the molecule is CCCCCC/C=C\CCCCCCCC(=O)O[C@H](COC(=O)CCCCCCCCCCC)COC(=O)CCCCCCCCCCCCCCCCCCC. The fourth-order valence-electron chi connectivity index (χ4n) is 7.44. The third kappa shape index (κ3) is 45.1. The van der Waals surface area contributed by atoms with Crippen molar-refractivity contribution < 1.29 is 28.6 Å². The summed E-state index contributed by atoms with van der Waals surface area (Å²) in [6.45, 7) is 6.63. The quantitative estimate of drug-likeness (QED) is 0.0264. The van der Waals surface area contributed by atoms with E-state index in [0.29, 0.717) is 19.3 Å². The van der Waals surface area contributed by atoms with Gasteiger partial charge in [-0.15, -0.1) is 0 Å². The molecule has 0 saturated carbocycles. The van der Waals surface area contributed by atoms with Crippen LogP contribution in [-0.4, -0.2) is 37.2 Å². The molecule has 0 radical (unpaired) electrons. The van der Waals surface area contributed by atoms with Crippen LogP contribution in [0.3, 0.4) is 0 Å². The maximum atomic E-state index is 12.7. The van der Waals surface area contributed by atoms with Gasteiger partial charge in [-0.25, -0.2) is 0 Å². The smallest absolute Gasteiger partial charge is 0.306 e. The molecular formula is C51H96O6. The lowest BCUT2D eigenvalue weighted by Gasteiger charge is -2.18. The van der Waals surface area contributed by atoms with Crippen molar-refractivity contribution in [2.24, 2.45) is 0 Å². The summed E-state index contributed by atoms with van der Waals surface area (Å²) in [6.07, 6.45) is 50.5. The number of unbranched alkanes of at least 4 members (excludes halogenated alkanes) is 33. The van der Waals surface area contributed by atoms with Gasteiger partial charge in [0.05, 0.1) is 0 Å². The van der Waals surface area contributed by atoms with Crippen LogP contribution in [0.25, 0.3) is 0 Å². The first-order chi connectivity index (χ1) is 28.0. The Hall–Kier alpha value is -1.85. The summed E-state index contributed by atoms with van der Waals surface area (Å²) in [5.41, 5.74) is 0. The first kappa shape index (κ1) is 55.2. The highest BCUT2D eigenvalue weighted by molar-refractivity contribution is 5.71. The number of carbonyl (C=O) groups excluding carboxylic acids is 3. The minimum Gasteiger partial charge on any atom is -0.462 e. The number of rotatable bonds is 46. The maximum absolute atomic E-state index is 12.7. The van der Waals surface area contributed by atoms with Gasteiger partial charge in [-0.3, -0.25) is 14.4 Å². The normalized spacial score (nSPS) is 12.0. The van der Waals surface area contributed by atoms with Crippen molar-refractivity contribution in [1.82, 2.24) is 0 Å². The van der Waals surface area contributed by atoms with Crippen molar-refractivity contribution in [3.63, 3.8) is 0 Å². The van der Waals surface area contributed by atoms with Gasteiger partial charge >= 0.3 is 17.9 Å². The predicted octanol–water partition coefficient (Wildman–Crippen LogP) is 16.2. The number of hydrogen-bond donors (Lipinski definition) is 0. The molecule has 0 aromatic carbocycles. The van der Waals surface area contributed by atoms with E-state index in [1.165, 1.54) is 173 Å². The van der Waals surface area contributed by atoms with Crippen molar-refractivity contribution in [2.45, 2.75) is 284 Å². The maximum Gasteiger partial charge on any atom is 0.306 e. The number of esters is 3. The van der Waals surface area contributed by atoms with Crippen molar-refractivity contribution in [1.29, 1.82) is 0 Å². The fourth-order valence-corrected chi connectivity index (χ4v) is 7.44. The lowest BCUT2D eigenvalue weighted by molar-refractivity contribution is -0.167. The minimum absolute atomic E-state index is 0.0685. The van der Waals surface area contributed by atoms with Gasteiger partial charge in [0.1, 0.15) is 13.2 Å². The predicted molar refractivity (Wildman–Crippen MR) is 243 cm³/mol. The molecule has 0 spiro atoms. The summed E-state index contributed by atoms with van der Waals surface area (Å²) in [7, 11) is 0. The summed E-state index contributed by atoms with van der Waals surface area (Å²) in [6, 6.07) is 0. The largest absolute Gasteiger partial charge is 0.462 e. The van der Waals surface area contributed by atoms with Crippen molar-refractivity contribution >= 4 is 17.9 Å². The molecule has 0 unspecified atom stereocenters.